The zero-order chi connectivity index (χ0) is 14.1. The summed E-state index contributed by atoms with van der Waals surface area (Å²) < 4.78 is 5.90. The van der Waals surface area contributed by atoms with E-state index in [2.05, 4.69) is 5.16 Å². The van der Waals surface area contributed by atoms with Gasteiger partial charge in [-0.2, -0.15) is 0 Å². The van der Waals surface area contributed by atoms with Crippen LogP contribution < -0.4 is 5.36 Å². The van der Waals surface area contributed by atoms with Crippen molar-refractivity contribution in [2.24, 2.45) is 5.16 Å². The van der Waals surface area contributed by atoms with Gasteiger partial charge in [-0.1, -0.05) is 22.8 Å². The van der Waals surface area contributed by atoms with Gasteiger partial charge in [-0.25, -0.2) is 0 Å². The molecule has 0 saturated heterocycles. The molecule has 3 rings (SSSR count). The average Bonchev–Trinajstić information content (AvgIpc) is 2.46. The van der Waals surface area contributed by atoms with E-state index in [1.165, 1.54) is 0 Å². The predicted octanol–water partition coefficient (Wildman–Crippen LogP) is 4.35. The second-order valence-corrected chi connectivity index (χ2v) is 5.04. The van der Waals surface area contributed by atoms with Gasteiger partial charge in [-0.3, -0.25) is 0 Å². The highest BCUT2D eigenvalue weighted by atomic mass is 35.5. The van der Waals surface area contributed by atoms with E-state index in [1.807, 2.05) is 37.3 Å². The van der Waals surface area contributed by atoms with E-state index in [9.17, 15) is 5.21 Å². The van der Waals surface area contributed by atoms with E-state index >= 15 is 0 Å². The number of nitrogens with zero attached hydrogens (tertiary/aromatic N) is 1. The van der Waals surface area contributed by atoms with Crippen LogP contribution in [0, 0.1) is 6.92 Å². The Bertz CT molecular complexity index is 835. The van der Waals surface area contributed by atoms with Gasteiger partial charge < -0.3 is 9.62 Å². The molecule has 0 bridgehead atoms. The molecule has 0 aliphatic carbocycles. The highest BCUT2D eigenvalue weighted by molar-refractivity contribution is 6.30. The lowest BCUT2D eigenvalue weighted by Crippen LogP contribution is -2.03. The summed E-state index contributed by atoms with van der Waals surface area (Å²) in [6.45, 7) is 1.99. The summed E-state index contributed by atoms with van der Waals surface area (Å²) in [5.74, 6) is 0.632. The molecule has 2 aromatic carbocycles. The number of hydrogen-bond acceptors (Lipinski definition) is 3. The second-order valence-electron chi connectivity index (χ2n) is 4.60. The maximum Gasteiger partial charge on any atom is 0.137 e. The summed E-state index contributed by atoms with van der Waals surface area (Å²) in [7, 11) is 0. The Morgan fingerprint density at radius 3 is 2.50 bits per heavy atom. The van der Waals surface area contributed by atoms with Gasteiger partial charge >= 0.3 is 0 Å². The largest absolute Gasteiger partial charge is 0.456 e. The molecule has 100 valence electrons. The predicted molar refractivity (Wildman–Crippen MR) is 78.7 cm³/mol. The average molecular weight is 286 g/mol. The van der Waals surface area contributed by atoms with Crippen molar-refractivity contribution in [3.05, 3.63) is 64.5 Å². The van der Waals surface area contributed by atoms with E-state index in [0.29, 0.717) is 21.7 Å². The van der Waals surface area contributed by atoms with E-state index in [1.54, 1.807) is 18.2 Å². The molecule has 0 spiro atoms. The van der Waals surface area contributed by atoms with Gasteiger partial charge in [0.2, 0.25) is 0 Å². The van der Waals surface area contributed by atoms with Crippen LogP contribution in [0.2, 0.25) is 5.02 Å². The first-order valence-electron chi connectivity index (χ1n) is 6.16. The Kier molecular flexibility index (Phi) is 3.20. The number of fused-ring (bicyclic) bond motifs is 1. The molecule has 0 aliphatic rings. The molecule has 0 fully saturated rings. The van der Waals surface area contributed by atoms with Crippen LogP contribution in [0.4, 0.5) is 0 Å². The minimum absolute atomic E-state index is 0.483. The number of benzene rings is 2. The molecular weight excluding hydrogens is 274 g/mol. The smallest absolute Gasteiger partial charge is 0.137 e. The summed E-state index contributed by atoms with van der Waals surface area (Å²) in [5.41, 5.74) is 2.64. The molecule has 20 heavy (non-hydrogen) atoms. The fourth-order valence-electron chi connectivity index (χ4n) is 2.11. The van der Waals surface area contributed by atoms with Crippen molar-refractivity contribution in [3.63, 3.8) is 0 Å². The lowest BCUT2D eigenvalue weighted by atomic mass is 10.1. The first kappa shape index (κ1) is 12.8. The van der Waals surface area contributed by atoms with Gasteiger partial charge in [0.05, 0.1) is 0 Å². The Labute approximate surface area is 120 Å². The van der Waals surface area contributed by atoms with Gasteiger partial charge in [-0.05, 0) is 48.9 Å². The molecule has 1 N–H and O–H groups in total. The highest BCUT2D eigenvalue weighted by Gasteiger charge is 2.06. The molecule has 0 unspecified atom stereocenters. The van der Waals surface area contributed by atoms with Crippen LogP contribution in [0.15, 0.2) is 58.1 Å². The second kappa shape index (κ2) is 5.02. The van der Waals surface area contributed by atoms with E-state index < -0.39 is 0 Å². The van der Waals surface area contributed by atoms with Crippen molar-refractivity contribution in [2.45, 2.75) is 6.92 Å². The van der Waals surface area contributed by atoms with Crippen molar-refractivity contribution in [1.82, 2.24) is 0 Å². The number of hydrogen-bond donors (Lipinski definition) is 1. The lowest BCUT2D eigenvalue weighted by molar-refractivity contribution is 0.302. The Morgan fingerprint density at radius 1 is 1.05 bits per heavy atom. The summed E-state index contributed by atoms with van der Waals surface area (Å²) in [5, 5.41) is 14.4. The van der Waals surface area contributed by atoms with Crippen LogP contribution >= 0.6 is 11.6 Å². The van der Waals surface area contributed by atoms with Crippen LogP contribution in [0.3, 0.4) is 0 Å². The topological polar surface area (TPSA) is 45.7 Å². The van der Waals surface area contributed by atoms with Crippen LogP contribution in [-0.4, -0.2) is 5.21 Å². The molecule has 3 nitrogen and oxygen atoms in total. The van der Waals surface area contributed by atoms with Gasteiger partial charge in [0.25, 0.3) is 0 Å². The number of halogens is 1. The van der Waals surface area contributed by atoms with E-state index in [4.69, 9.17) is 16.0 Å². The molecule has 0 aliphatic heterocycles. The van der Waals surface area contributed by atoms with E-state index in [-0.39, 0.29) is 0 Å². The fourth-order valence-corrected chi connectivity index (χ4v) is 2.24. The molecule has 4 heteroatoms. The molecular formula is C16H12ClNO2. The quantitative estimate of drug-likeness (QED) is 0.533. The summed E-state index contributed by atoms with van der Waals surface area (Å²) in [4.78, 5) is 0. The standard InChI is InChI=1S/C16H12ClNO2/c1-10-2-7-13-14(18-19)9-15(20-16(13)8-10)11-3-5-12(17)6-4-11/h2-9,19H,1H3/b18-14-. The third-order valence-electron chi connectivity index (χ3n) is 3.14. The molecule has 0 amide bonds. The fraction of sp³-hybridized carbons (Fsp3) is 0.0625. The summed E-state index contributed by atoms with van der Waals surface area (Å²) in [6.07, 6.45) is 0. The normalized spacial score (nSPS) is 12.0. The van der Waals surface area contributed by atoms with Gasteiger partial charge in [0, 0.05) is 22.0 Å². The molecule has 3 aromatic rings. The molecule has 0 radical (unpaired) electrons. The van der Waals surface area contributed by atoms with Crippen molar-refractivity contribution in [3.8, 4) is 11.3 Å². The summed E-state index contributed by atoms with van der Waals surface area (Å²) in [6, 6.07) is 14.8. The van der Waals surface area contributed by atoms with Gasteiger partial charge in [0.15, 0.2) is 0 Å². The third-order valence-corrected chi connectivity index (χ3v) is 3.39. The number of aryl methyl sites for hydroxylation is 1. The highest BCUT2D eigenvalue weighted by Crippen LogP contribution is 2.24. The van der Waals surface area contributed by atoms with E-state index in [0.717, 1.165) is 16.5 Å². The maximum absolute atomic E-state index is 9.18. The van der Waals surface area contributed by atoms with Crippen molar-refractivity contribution >= 4 is 22.6 Å². The van der Waals surface area contributed by atoms with Gasteiger partial charge in [0.1, 0.15) is 16.7 Å². The van der Waals surface area contributed by atoms with Crippen LogP contribution in [0.5, 0.6) is 0 Å². The number of rotatable bonds is 1. The first-order chi connectivity index (χ1) is 9.67. The minimum atomic E-state index is 0.483. The molecule has 0 atom stereocenters. The molecule has 1 heterocycles. The minimum Gasteiger partial charge on any atom is -0.456 e. The summed E-state index contributed by atoms with van der Waals surface area (Å²) >= 11 is 5.88. The first-order valence-corrected chi connectivity index (χ1v) is 6.54. The zero-order valence-electron chi connectivity index (χ0n) is 10.8. The Hall–Kier alpha value is -2.26. The van der Waals surface area contributed by atoms with Crippen molar-refractivity contribution in [1.29, 1.82) is 0 Å². The van der Waals surface area contributed by atoms with Crippen LogP contribution in [0.1, 0.15) is 5.56 Å². The zero-order valence-corrected chi connectivity index (χ0v) is 11.6. The monoisotopic (exact) mass is 285 g/mol. The van der Waals surface area contributed by atoms with Crippen molar-refractivity contribution < 1.29 is 9.62 Å². The molecule has 1 aromatic heterocycles. The van der Waals surface area contributed by atoms with Crippen molar-refractivity contribution in [2.75, 3.05) is 0 Å². The van der Waals surface area contributed by atoms with Gasteiger partial charge in [-0.15, -0.1) is 0 Å². The lowest BCUT2D eigenvalue weighted by Gasteiger charge is -2.05. The van der Waals surface area contributed by atoms with Crippen LogP contribution in [0.25, 0.3) is 22.3 Å². The Balaban J connectivity index is 2.29. The SMILES string of the molecule is Cc1ccc2/c(=N\O)cc(-c3ccc(Cl)cc3)oc2c1. The maximum atomic E-state index is 9.18. The third kappa shape index (κ3) is 2.28. The Morgan fingerprint density at radius 2 is 1.80 bits per heavy atom. The molecule has 0 saturated carbocycles. The van der Waals surface area contributed by atoms with Crippen LogP contribution in [-0.2, 0) is 0 Å².